The molecule has 1 heterocycles. The molecule has 0 aromatic heterocycles. The first-order chi connectivity index (χ1) is 14.6. The fraction of sp³-hybridized carbons (Fsp3) is 0.167. The maximum Gasteiger partial charge on any atom is 0.252 e. The lowest BCUT2D eigenvalue weighted by atomic mass is 9.98. The van der Waals surface area contributed by atoms with Gasteiger partial charge in [0.2, 0.25) is 0 Å². The summed E-state index contributed by atoms with van der Waals surface area (Å²) in [4.78, 5) is 25.6. The van der Waals surface area contributed by atoms with Crippen molar-refractivity contribution in [3.05, 3.63) is 100 Å². The molecule has 6 heteroatoms. The summed E-state index contributed by atoms with van der Waals surface area (Å²) in [5, 5.41) is 2.82. The van der Waals surface area contributed by atoms with E-state index < -0.39 is 0 Å². The van der Waals surface area contributed by atoms with Gasteiger partial charge in [0.1, 0.15) is 11.6 Å². The zero-order valence-electron chi connectivity index (χ0n) is 16.2. The van der Waals surface area contributed by atoms with Crippen LogP contribution < -0.4 is 10.1 Å². The molecule has 0 atom stereocenters. The molecule has 0 spiro atoms. The summed E-state index contributed by atoms with van der Waals surface area (Å²) in [5.41, 5.74) is 2.48. The van der Waals surface area contributed by atoms with Gasteiger partial charge >= 0.3 is 0 Å². The zero-order valence-corrected chi connectivity index (χ0v) is 16.2. The van der Waals surface area contributed by atoms with E-state index in [1.54, 1.807) is 48.5 Å². The molecule has 1 N–H and O–H groups in total. The second kappa shape index (κ2) is 8.88. The number of benzene rings is 3. The Hall–Kier alpha value is -3.51. The normalized spacial score (nSPS) is 12.6. The summed E-state index contributed by atoms with van der Waals surface area (Å²) in [6.07, 6.45) is 0.390. The van der Waals surface area contributed by atoms with Crippen LogP contribution in [-0.4, -0.2) is 25.0 Å². The lowest BCUT2D eigenvalue weighted by Crippen LogP contribution is -2.28. The molecule has 0 aliphatic carbocycles. The number of amides is 1. The third kappa shape index (κ3) is 4.23. The van der Waals surface area contributed by atoms with Gasteiger partial charge in [0.15, 0.2) is 12.6 Å². The maximum atomic E-state index is 13.9. The minimum absolute atomic E-state index is 0.118. The van der Waals surface area contributed by atoms with Crippen LogP contribution in [0.5, 0.6) is 5.75 Å². The molecule has 152 valence electrons. The molecule has 0 unspecified atom stereocenters. The number of ether oxygens (including phenoxy) is 2. The van der Waals surface area contributed by atoms with E-state index in [-0.39, 0.29) is 30.8 Å². The van der Waals surface area contributed by atoms with Gasteiger partial charge in [0.25, 0.3) is 5.91 Å². The summed E-state index contributed by atoms with van der Waals surface area (Å²) < 4.78 is 24.6. The van der Waals surface area contributed by atoms with Crippen LogP contribution in [0.25, 0.3) is 0 Å². The van der Waals surface area contributed by atoms with Crippen molar-refractivity contribution < 1.29 is 23.5 Å². The number of hydrogen-bond acceptors (Lipinski definition) is 4. The van der Waals surface area contributed by atoms with Gasteiger partial charge in [0, 0.05) is 23.2 Å². The van der Waals surface area contributed by atoms with E-state index in [0.29, 0.717) is 46.6 Å². The van der Waals surface area contributed by atoms with E-state index in [2.05, 4.69) is 5.32 Å². The monoisotopic (exact) mass is 405 g/mol. The molecule has 3 aromatic rings. The number of rotatable bonds is 6. The molecule has 1 aliphatic heterocycles. The molecule has 4 rings (SSSR count). The molecule has 0 fully saturated rings. The first kappa shape index (κ1) is 19.8. The number of ketones is 1. The first-order valence-corrected chi connectivity index (χ1v) is 9.62. The van der Waals surface area contributed by atoms with Crippen LogP contribution in [0.15, 0.2) is 66.7 Å². The Morgan fingerprint density at radius 3 is 2.50 bits per heavy atom. The van der Waals surface area contributed by atoms with Gasteiger partial charge in [-0.1, -0.05) is 48.5 Å². The molecule has 0 bridgehead atoms. The Balaban J connectivity index is 1.47. The molecule has 30 heavy (non-hydrogen) atoms. The highest BCUT2D eigenvalue weighted by atomic mass is 19.1. The molecule has 5 nitrogen and oxygen atoms in total. The smallest absolute Gasteiger partial charge is 0.252 e. The van der Waals surface area contributed by atoms with Gasteiger partial charge in [0.05, 0.1) is 12.2 Å². The molecular formula is C24H20FNO4. The van der Waals surface area contributed by atoms with Crippen LogP contribution in [0.1, 0.15) is 37.4 Å². The standard InChI is InChI=1S/C24H20FNO4/c25-19-12-17(23-18(13-19)14-29-15-30-23)10-11-26-24(28)21-9-5-4-8-20(21)22(27)16-6-2-1-3-7-16/h1-9,12-13H,10-11,14-15H2,(H,26,28). The van der Waals surface area contributed by atoms with Crippen LogP contribution >= 0.6 is 0 Å². The predicted octanol–water partition coefficient (Wildman–Crippen LogP) is 3.90. The van der Waals surface area contributed by atoms with E-state index in [4.69, 9.17) is 9.47 Å². The van der Waals surface area contributed by atoms with Crippen LogP contribution in [0.3, 0.4) is 0 Å². The summed E-state index contributed by atoms with van der Waals surface area (Å²) in [6, 6.07) is 18.3. The van der Waals surface area contributed by atoms with Crippen molar-refractivity contribution in [2.75, 3.05) is 13.3 Å². The van der Waals surface area contributed by atoms with Crippen LogP contribution in [0.2, 0.25) is 0 Å². The van der Waals surface area contributed by atoms with Gasteiger partial charge in [-0.3, -0.25) is 9.59 Å². The third-order valence-electron chi connectivity index (χ3n) is 4.88. The zero-order chi connectivity index (χ0) is 20.9. The van der Waals surface area contributed by atoms with Crippen molar-refractivity contribution in [1.82, 2.24) is 5.32 Å². The van der Waals surface area contributed by atoms with E-state index in [0.717, 1.165) is 0 Å². The molecule has 0 radical (unpaired) electrons. The van der Waals surface area contributed by atoms with E-state index in [1.165, 1.54) is 12.1 Å². The topological polar surface area (TPSA) is 64.6 Å². The van der Waals surface area contributed by atoms with E-state index >= 15 is 0 Å². The van der Waals surface area contributed by atoms with Gasteiger partial charge in [-0.2, -0.15) is 0 Å². The lowest BCUT2D eigenvalue weighted by molar-refractivity contribution is -0.0172. The van der Waals surface area contributed by atoms with E-state index in [1.807, 2.05) is 6.07 Å². The van der Waals surface area contributed by atoms with Crippen molar-refractivity contribution in [2.45, 2.75) is 13.0 Å². The molecule has 0 saturated heterocycles. The molecule has 1 amide bonds. The van der Waals surface area contributed by atoms with Gasteiger partial charge < -0.3 is 14.8 Å². The van der Waals surface area contributed by atoms with Gasteiger partial charge in [-0.25, -0.2) is 4.39 Å². The highest BCUT2D eigenvalue weighted by Crippen LogP contribution is 2.29. The Morgan fingerprint density at radius 1 is 0.967 bits per heavy atom. The number of hydrogen-bond donors (Lipinski definition) is 1. The highest BCUT2D eigenvalue weighted by molar-refractivity contribution is 6.15. The third-order valence-corrected chi connectivity index (χ3v) is 4.88. The maximum absolute atomic E-state index is 13.9. The minimum atomic E-state index is -0.372. The summed E-state index contributed by atoms with van der Waals surface area (Å²) >= 11 is 0. The quantitative estimate of drug-likeness (QED) is 0.632. The second-order valence-corrected chi connectivity index (χ2v) is 6.91. The average Bonchev–Trinajstić information content (AvgIpc) is 2.79. The second-order valence-electron chi connectivity index (χ2n) is 6.91. The largest absolute Gasteiger partial charge is 0.467 e. The van der Waals surface area contributed by atoms with Crippen molar-refractivity contribution in [3.63, 3.8) is 0 Å². The number of nitrogens with one attached hydrogen (secondary N) is 1. The van der Waals surface area contributed by atoms with E-state index in [9.17, 15) is 14.0 Å². The van der Waals surface area contributed by atoms with Gasteiger partial charge in [-0.05, 0) is 30.2 Å². The molecule has 3 aromatic carbocycles. The number of carbonyl (C=O) groups is 2. The van der Waals surface area contributed by atoms with Crippen molar-refractivity contribution in [1.29, 1.82) is 0 Å². The fourth-order valence-corrected chi connectivity index (χ4v) is 3.47. The number of fused-ring (bicyclic) bond motifs is 1. The average molecular weight is 405 g/mol. The van der Waals surface area contributed by atoms with Crippen LogP contribution in [-0.2, 0) is 17.8 Å². The Bertz CT molecular complexity index is 1080. The molecule has 1 aliphatic rings. The summed E-state index contributed by atoms with van der Waals surface area (Å²) in [5.74, 6) is -0.335. The van der Waals surface area contributed by atoms with Crippen LogP contribution in [0, 0.1) is 5.82 Å². The lowest BCUT2D eigenvalue weighted by Gasteiger charge is -2.21. The van der Waals surface area contributed by atoms with Crippen molar-refractivity contribution in [3.8, 4) is 5.75 Å². The van der Waals surface area contributed by atoms with Crippen molar-refractivity contribution in [2.24, 2.45) is 0 Å². The summed E-state index contributed by atoms with van der Waals surface area (Å²) in [7, 11) is 0. The van der Waals surface area contributed by atoms with Gasteiger partial charge in [-0.15, -0.1) is 0 Å². The number of halogens is 1. The number of carbonyl (C=O) groups excluding carboxylic acids is 2. The Labute approximate surface area is 173 Å². The Morgan fingerprint density at radius 2 is 1.70 bits per heavy atom. The predicted molar refractivity (Wildman–Crippen MR) is 109 cm³/mol. The van der Waals surface area contributed by atoms with Crippen LogP contribution in [0.4, 0.5) is 4.39 Å². The molecular weight excluding hydrogens is 385 g/mol. The highest BCUT2D eigenvalue weighted by Gasteiger charge is 2.19. The summed E-state index contributed by atoms with van der Waals surface area (Å²) in [6.45, 7) is 0.682. The minimum Gasteiger partial charge on any atom is -0.467 e. The molecule has 0 saturated carbocycles. The fourth-order valence-electron chi connectivity index (χ4n) is 3.47. The first-order valence-electron chi connectivity index (χ1n) is 9.62. The van der Waals surface area contributed by atoms with Crippen molar-refractivity contribution >= 4 is 11.7 Å². The SMILES string of the molecule is O=C(NCCc1cc(F)cc2c1OCOC2)c1ccccc1C(=O)c1ccccc1. The Kier molecular flexibility index (Phi) is 5.86.